The van der Waals surface area contributed by atoms with Gasteiger partial charge in [0.25, 0.3) is 0 Å². The van der Waals surface area contributed by atoms with Crippen LogP contribution in [0.25, 0.3) is 0 Å². The van der Waals surface area contributed by atoms with Crippen molar-refractivity contribution in [2.45, 2.75) is 19.6 Å². The normalized spacial score (nSPS) is 12.7. The minimum absolute atomic E-state index is 0.360. The molecule has 0 aliphatic heterocycles. The van der Waals surface area contributed by atoms with E-state index in [9.17, 15) is 5.11 Å². The zero-order valence-corrected chi connectivity index (χ0v) is 9.23. The number of ether oxygens (including phenoxy) is 1. The van der Waals surface area contributed by atoms with Gasteiger partial charge in [-0.25, -0.2) is 0 Å². The highest BCUT2D eigenvalue weighted by Gasteiger charge is 2.02. The molecule has 0 amide bonds. The molecule has 1 aromatic rings. The second-order valence-corrected chi connectivity index (χ2v) is 3.61. The van der Waals surface area contributed by atoms with E-state index in [2.05, 4.69) is 16.4 Å². The summed E-state index contributed by atoms with van der Waals surface area (Å²) in [6, 6.07) is 2.07. The number of aromatic nitrogens is 1. The predicted molar refractivity (Wildman–Crippen MR) is 58.6 cm³/mol. The number of pyridine rings is 1. The zero-order chi connectivity index (χ0) is 11.1. The average molecular weight is 210 g/mol. The van der Waals surface area contributed by atoms with Crippen molar-refractivity contribution < 1.29 is 9.84 Å². The van der Waals surface area contributed by atoms with Crippen LogP contribution in [0.15, 0.2) is 18.5 Å². The van der Waals surface area contributed by atoms with E-state index in [-0.39, 0.29) is 0 Å². The SMILES string of the molecule is COCC(O)CNCc1cncc(C)c1. The van der Waals surface area contributed by atoms with Crippen LogP contribution in [0.1, 0.15) is 11.1 Å². The quantitative estimate of drug-likeness (QED) is 0.717. The summed E-state index contributed by atoms with van der Waals surface area (Å²) >= 11 is 0. The van der Waals surface area contributed by atoms with E-state index < -0.39 is 6.10 Å². The molecule has 1 heterocycles. The van der Waals surface area contributed by atoms with Crippen LogP contribution in [0, 0.1) is 6.92 Å². The van der Waals surface area contributed by atoms with Gasteiger partial charge in [0.05, 0.1) is 12.7 Å². The maximum atomic E-state index is 9.38. The molecule has 2 N–H and O–H groups in total. The molecule has 4 heteroatoms. The topological polar surface area (TPSA) is 54.4 Å². The lowest BCUT2D eigenvalue weighted by Gasteiger charge is -2.10. The van der Waals surface area contributed by atoms with Crippen molar-refractivity contribution in [3.8, 4) is 0 Å². The molecule has 1 atom stereocenters. The number of nitrogens with zero attached hydrogens (tertiary/aromatic N) is 1. The van der Waals surface area contributed by atoms with Crippen molar-refractivity contribution in [1.29, 1.82) is 0 Å². The van der Waals surface area contributed by atoms with Crippen molar-refractivity contribution in [2.24, 2.45) is 0 Å². The van der Waals surface area contributed by atoms with E-state index in [1.54, 1.807) is 7.11 Å². The number of rotatable bonds is 6. The van der Waals surface area contributed by atoms with Gasteiger partial charge in [0.15, 0.2) is 0 Å². The van der Waals surface area contributed by atoms with Gasteiger partial charge in [0.2, 0.25) is 0 Å². The molecule has 1 rings (SSSR count). The van der Waals surface area contributed by atoms with Crippen molar-refractivity contribution in [1.82, 2.24) is 10.3 Å². The molecular weight excluding hydrogens is 192 g/mol. The van der Waals surface area contributed by atoms with Crippen molar-refractivity contribution in [3.05, 3.63) is 29.6 Å². The minimum atomic E-state index is -0.451. The monoisotopic (exact) mass is 210 g/mol. The van der Waals surface area contributed by atoms with Crippen LogP contribution in [0.5, 0.6) is 0 Å². The van der Waals surface area contributed by atoms with Gasteiger partial charge in [-0.1, -0.05) is 6.07 Å². The van der Waals surface area contributed by atoms with E-state index in [4.69, 9.17) is 4.74 Å². The molecule has 0 bridgehead atoms. The van der Waals surface area contributed by atoms with Gasteiger partial charge in [-0.15, -0.1) is 0 Å². The lowest BCUT2D eigenvalue weighted by molar-refractivity contribution is 0.0644. The number of aryl methyl sites for hydroxylation is 1. The van der Waals surface area contributed by atoms with Gasteiger partial charge >= 0.3 is 0 Å². The summed E-state index contributed by atoms with van der Waals surface area (Å²) in [5.74, 6) is 0. The summed E-state index contributed by atoms with van der Waals surface area (Å²) in [6.07, 6.45) is 3.19. The Hall–Kier alpha value is -0.970. The van der Waals surface area contributed by atoms with Gasteiger partial charge in [0.1, 0.15) is 0 Å². The third-order valence-electron chi connectivity index (χ3n) is 2.00. The largest absolute Gasteiger partial charge is 0.389 e. The second kappa shape index (κ2) is 6.50. The lowest BCUT2D eigenvalue weighted by atomic mass is 10.2. The first kappa shape index (κ1) is 12.1. The van der Waals surface area contributed by atoms with Gasteiger partial charge in [-0.3, -0.25) is 4.98 Å². The molecule has 84 valence electrons. The maximum absolute atomic E-state index is 9.38. The summed E-state index contributed by atoms with van der Waals surface area (Å²) < 4.78 is 4.82. The molecule has 0 saturated heterocycles. The molecule has 0 radical (unpaired) electrons. The Bertz CT molecular complexity index is 292. The standard InChI is InChI=1S/C11H18N2O2/c1-9-3-10(5-12-4-9)6-13-7-11(14)8-15-2/h3-5,11,13-14H,6-8H2,1-2H3. The molecular formula is C11H18N2O2. The summed E-state index contributed by atoms with van der Waals surface area (Å²) in [7, 11) is 1.58. The smallest absolute Gasteiger partial charge is 0.0897 e. The molecule has 0 fully saturated rings. The van der Waals surface area contributed by atoms with E-state index in [1.165, 1.54) is 0 Å². The number of aliphatic hydroxyl groups excluding tert-OH is 1. The highest BCUT2D eigenvalue weighted by molar-refractivity contribution is 5.16. The number of methoxy groups -OCH3 is 1. The van der Waals surface area contributed by atoms with Crippen LogP contribution in [-0.4, -0.2) is 36.5 Å². The number of hydrogen-bond acceptors (Lipinski definition) is 4. The first-order valence-electron chi connectivity index (χ1n) is 5.00. The summed E-state index contributed by atoms with van der Waals surface area (Å²) in [4.78, 5) is 4.09. The van der Waals surface area contributed by atoms with Crippen LogP contribution in [0.2, 0.25) is 0 Å². The fourth-order valence-corrected chi connectivity index (χ4v) is 1.35. The highest BCUT2D eigenvalue weighted by atomic mass is 16.5. The Kier molecular flexibility index (Phi) is 5.25. The summed E-state index contributed by atoms with van der Waals surface area (Å²) in [5.41, 5.74) is 2.27. The van der Waals surface area contributed by atoms with Gasteiger partial charge in [0, 0.05) is 32.6 Å². The molecule has 15 heavy (non-hydrogen) atoms. The van der Waals surface area contributed by atoms with Crippen molar-refractivity contribution >= 4 is 0 Å². The van der Waals surface area contributed by atoms with Gasteiger partial charge in [-0.05, 0) is 18.1 Å². The molecule has 4 nitrogen and oxygen atoms in total. The average Bonchev–Trinajstić information content (AvgIpc) is 2.18. The Morgan fingerprint density at radius 1 is 1.53 bits per heavy atom. The van der Waals surface area contributed by atoms with Crippen molar-refractivity contribution in [2.75, 3.05) is 20.3 Å². The predicted octanol–water partition coefficient (Wildman–Crippen LogP) is 0.487. The van der Waals surface area contributed by atoms with E-state index in [0.29, 0.717) is 13.2 Å². The molecule has 0 aromatic carbocycles. The number of aliphatic hydroxyl groups is 1. The molecule has 1 unspecified atom stereocenters. The van der Waals surface area contributed by atoms with Crippen LogP contribution < -0.4 is 5.32 Å². The first-order valence-corrected chi connectivity index (χ1v) is 5.00. The Morgan fingerprint density at radius 3 is 3.00 bits per heavy atom. The van der Waals surface area contributed by atoms with Crippen LogP contribution in [0.3, 0.4) is 0 Å². The molecule has 0 aliphatic carbocycles. The summed E-state index contributed by atoms with van der Waals surface area (Å²) in [5, 5.41) is 12.5. The van der Waals surface area contributed by atoms with E-state index >= 15 is 0 Å². The molecule has 1 aromatic heterocycles. The van der Waals surface area contributed by atoms with Crippen molar-refractivity contribution in [3.63, 3.8) is 0 Å². The van der Waals surface area contributed by atoms with Gasteiger partial charge in [-0.2, -0.15) is 0 Å². The van der Waals surface area contributed by atoms with Gasteiger partial charge < -0.3 is 15.2 Å². The molecule has 0 spiro atoms. The zero-order valence-electron chi connectivity index (χ0n) is 9.23. The van der Waals surface area contributed by atoms with Crippen LogP contribution in [-0.2, 0) is 11.3 Å². The first-order chi connectivity index (χ1) is 7.22. The molecule has 0 saturated carbocycles. The Morgan fingerprint density at radius 2 is 2.33 bits per heavy atom. The van der Waals surface area contributed by atoms with Crippen LogP contribution >= 0.6 is 0 Å². The fourth-order valence-electron chi connectivity index (χ4n) is 1.35. The molecule has 0 aliphatic rings. The number of hydrogen-bond donors (Lipinski definition) is 2. The van der Waals surface area contributed by atoms with E-state index in [0.717, 1.165) is 17.7 Å². The minimum Gasteiger partial charge on any atom is -0.389 e. The Balaban J connectivity index is 2.25. The Labute approximate surface area is 90.3 Å². The number of nitrogens with one attached hydrogen (secondary N) is 1. The third kappa shape index (κ3) is 4.88. The maximum Gasteiger partial charge on any atom is 0.0897 e. The highest BCUT2D eigenvalue weighted by Crippen LogP contribution is 2.00. The second-order valence-electron chi connectivity index (χ2n) is 3.61. The third-order valence-corrected chi connectivity index (χ3v) is 2.00. The fraction of sp³-hybridized carbons (Fsp3) is 0.545. The van der Waals surface area contributed by atoms with E-state index in [1.807, 2.05) is 19.3 Å². The summed E-state index contributed by atoms with van der Waals surface area (Å²) in [6.45, 7) is 3.62. The van der Waals surface area contributed by atoms with Crippen LogP contribution in [0.4, 0.5) is 0 Å². The lowest BCUT2D eigenvalue weighted by Crippen LogP contribution is -2.29.